The largest absolute Gasteiger partial charge is 0.477 e. The van der Waals surface area contributed by atoms with E-state index in [-0.39, 0.29) is 11.4 Å². The normalized spacial score (nSPS) is 10.2. The predicted molar refractivity (Wildman–Crippen MR) is 50.4 cm³/mol. The summed E-state index contributed by atoms with van der Waals surface area (Å²) in [7, 11) is 0. The summed E-state index contributed by atoms with van der Waals surface area (Å²) in [6.45, 7) is 0. The molecule has 16 heavy (non-hydrogen) atoms. The first-order valence-electron chi connectivity index (χ1n) is 4.02. The molecule has 0 amide bonds. The molecule has 4 nitrogen and oxygen atoms in total. The summed E-state index contributed by atoms with van der Waals surface area (Å²) in [6.07, 6.45) is -2.21. The minimum atomic E-state index is -2.90. The average molecular weight is 247 g/mol. The number of carboxylic acid groups (broad SMARTS) is 1. The molecule has 0 unspecified atom stereocenters. The van der Waals surface area contributed by atoms with E-state index in [1.165, 1.54) is 6.07 Å². The van der Waals surface area contributed by atoms with E-state index in [4.69, 9.17) is 22.0 Å². The molecule has 0 aromatic carbocycles. The molecule has 0 bridgehead atoms. The number of hydrogen-bond acceptors (Lipinski definition) is 3. The zero-order valence-corrected chi connectivity index (χ0v) is 8.50. The quantitative estimate of drug-likeness (QED) is 0.831. The van der Waals surface area contributed by atoms with Gasteiger partial charge in [0, 0.05) is 11.8 Å². The molecule has 7 heteroatoms. The fraction of sp³-hybridized carbons (Fsp3) is 0.222. The van der Waals surface area contributed by atoms with Gasteiger partial charge < -0.3 is 5.11 Å². The second-order valence-electron chi connectivity index (χ2n) is 2.77. The molecule has 0 saturated heterocycles. The van der Waals surface area contributed by atoms with Crippen LogP contribution < -0.4 is 0 Å². The van der Waals surface area contributed by atoms with Gasteiger partial charge in [-0.3, -0.25) is 0 Å². The van der Waals surface area contributed by atoms with Crippen LogP contribution in [0, 0.1) is 11.3 Å². The molecule has 0 aliphatic carbocycles. The third-order valence-electron chi connectivity index (χ3n) is 1.89. The van der Waals surface area contributed by atoms with Gasteiger partial charge in [-0.15, -0.1) is 11.6 Å². The molecule has 0 saturated carbocycles. The number of aromatic carboxylic acids is 1. The summed E-state index contributed by atoms with van der Waals surface area (Å²) in [5.74, 6) is -1.77. The van der Waals surface area contributed by atoms with Gasteiger partial charge in [0.15, 0.2) is 5.69 Å². The van der Waals surface area contributed by atoms with Crippen LogP contribution in [0.5, 0.6) is 0 Å². The summed E-state index contributed by atoms with van der Waals surface area (Å²) < 4.78 is 25.0. The topological polar surface area (TPSA) is 74.0 Å². The van der Waals surface area contributed by atoms with Gasteiger partial charge >= 0.3 is 5.97 Å². The van der Waals surface area contributed by atoms with Crippen molar-refractivity contribution in [3.05, 3.63) is 28.6 Å². The highest BCUT2D eigenvalue weighted by molar-refractivity contribution is 6.17. The average Bonchev–Trinajstić information content (AvgIpc) is 2.26. The van der Waals surface area contributed by atoms with E-state index < -0.39 is 29.2 Å². The molecule has 1 aromatic heterocycles. The molecule has 0 radical (unpaired) electrons. The first-order valence-corrected chi connectivity index (χ1v) is 4.55. The number of hydrogen-bond donors (Lipinski definition) is 1. The number of nitrogens with zero attached hydrogens (tertiary/aromatic N) is 2. The van der Waals surface area contributed by atoms with Crippen LogP contribution in [0.2, 0.25) is 0 Å². The molecule has 1 heterocycles. The highest BCUT2D eigenvalue weighted by Gasteiger charge is 2.22. The lowest BCUT2D eigenvalue weighted by atomic mass is 10.0. The Labute approximate surface area is 94.1 Å². The molecule has 1 rings (SSSR count). The number of carbonyl (C=O) groups is 1. The summed E-state index contributed by atoms with van der Waals surface area (Å²) >= 11 is 5.44. The van der Waals surface area contributed by atoms with Crippen molar-refractivity contribution in [3.8, 4) is 6.07 Å². The molecular weight excluding hydrogens is 242 g/mol. The number of nitriles is 1. The summed E-state index contributed by atoms with van der Waals surface area (Å²) in [5.41, 5.74) is -1.69. The zero-order chi connectivity index (χ0) is 12.3. The molecule has 0 aliphatic rings. The van der Waals surface area contributed by atoms with Crippen LogP contribution in [-0.4, -0.2) is 16.1 Å². The number of pyridine rings is 1. The molecule has 0 aliphatic heterocycles. The first kappa shape index (κ1) is 12.3. The Morgan fingerprint density at radius 1 is 1.69 bits per heavy atom. The Kier molecular flexibility index (Phi) is 3.74. The highest BCUT2D eigenvalue weighted by Crippen LogP contribution is 2.26. The predicted octanol–water partition coefficient (Wildman–Crippen LogP) is 2.33. The summed E-state index contributed by atoms with van der Waals surface area (Å²) in [4.78, 5) is 14.1. The van der Waals surface area contributed by atoms with Gasteiger partial charge in [0.2, 0.25) is 0 Å². The van der Waals surface area contributed by atoms with Gasteiger partial charge in [0.1, 0.15) is 6.07 Å². The SMILES string of the molecule is N#Cc1c(C(F)F)cnc(C(=O)O)c1CCl. The third-order valence-corrected chi connectivity index (χ3v) is 2.16. The molecule has 0 atom stereocenters. The minimum Gasteiger partial charge on any atom is -0.477 e. The van der Waals surface area contributed by atoms with Crippen molar-refractivity contribution < 1.29 is 18.7 Å². The van der Waals surface area contributed by atoms with Crippen molar-refractivity contribution >= 4 is 17.6 Å². The van der Waals surface area contributed by atoms with Crippen molar-refractivity contribution in [1.82, 2.24) is 4.98 Å². The molecule has 84 valence electrons. The van der Waals surface area contributed by atoms with Gasteiger partial charge in [0.05, 0.1) is 17.0 Å². The first-order chi connectivity index (χ1) is 7.52. The van der Waals surface area contributed by atoms with Crippen LogP contribution in [0.4, 0.5) is 8.78 Å². The lowest BCUT2D eigenvalue weighted by molar-refractivity contribution is 0.0688. The zero-order valence-electron chi connectivity index (χ0n) is 7.75. The second kappa shape index (κ2) is 4.86. The Bertz CT molecular complexity index is 471. The Hall–Kier alpha value is -1.74. The van der Waals surface area contributed by atoms with Crippen molar-refractivity contribution in [2.75, 3.05) is 0 Å². The fourth-order valence-corrected chi connectivity index (χ4v) is 1.44. The van der Waals surface area contributed by atoms with Crippen molar-refractivity contribution in [2.45, 2.75) is 12.3 Å². The van der Waals surface area contributed by atoms with E-state index in [2.05, 4.69) is 4.98 Å². The molecule has 1 aromatic rings. The summed E-state index contributed by atoms with van der Waals surface area (Å²) in [6, 6.07) is 1.52. The van der Waals surface area contributed by atoms with Crippen LogP contribution in [0.25, 0.3) is 0 Å². The molecular formula is C9H5ClF2N2O2. The highest BCUT2D eigenvalue weighted by atomic mass is 35.5. The minimum absolute atomic E-state index is 0.186. The van der Waals surface area contributed by atoms with Crippen LogP contribution in [-0.2, 0) is 5.88 Å². The van der Waals surface area contributed by atoms with E-state index >= 15 is 0 Å². The van der Waals surface area contributed by atoms with Gasteiger partial charge in [-0.1, -0.05) is 0 Å². The van der Waals surface area contributed by atoms with E-state index in [9.17, 15) is 13.6 Å². The van der Waals surface area contributed by atoms with Crippen LogP contribution in [0.1, 0.15) is 33.6 Å². The lowest BCUT2D eigenvalue weighted by Crippen LogP contribution is -2.09. The molecule has 0 fully saturated rings. The molecule has 0 spiro atoms. The van der Waals surface area contributed by atoms with Crippen molar-refractivity contribution in [3.63, 3.8) is 0 Å². The van der Waals surface area contributed by atoms with E-state index in [1.807, 2.05) is 0 Å². The number of alkyl halides is 3. The van der Waals surface area contributed by atoms with Crippen molar-refractivity contribution in [2.24, 2.45) is 0 Å². The fourth-order valence-electron chi connectivity index (χ4n) is 1.18. The van der Waals surface area contributed by atoms with Crippen LogP contribution in [0.15, 0.2) is 6.20 Å². The number of aromatic nitrogens is 1. The van der Waals surface area contributed by atoms with Gasteiger partial charge in [0.25, 0.3) is 6.43 Å². The second-order valence-corrected chi connectivity index (χ2v) is 3.03. The van der Waals surface area contributed by atoms with Gasteiger partial charge in [-0.2, -0.15) is 5.26 Å². The number of rotatable bonds is 3. The maximum atomic E-state index is 12.5. The summed E-state index contributed by atoms with van der Waals surface area (Å²) in [5, 5.41) is 17.5. The Balaban J connectivity index is 3.54. The van der Waals surface area contributed by atoms with Crippen LogP contribution in [0.3, 0.4) is 0 Å². The van der Waals surface area contributed by atoms with Crippen LogP contribution >= 0.6 is 11.6 Å². The Morgan fingerprint density at radius 3 is 2.69 bits per heavy atom. The van der Waals surface area contributed by atoms with E-state index in [0.29, 0.717) is 6.20 Å². The standard InChI is InChI=1S/C9H5ClF2N2O2/c10-1-4-5(2-13)6(8(11)12)3-14-7(4)9(15)16/h3,8H,1H2,(H,15,16). The maximum absolute atomic E-state index is 12.5. The third kappa shape index (κ3) is 2.09. The van der Waals surface area contributed by atoms with Gasteiger partial charge in [-0.25, -0.2) is 18.6 Å². The monoisotopic (exact) mass is 246 g/mol. The van der Waals surface area contributed by atoms with Crippen molar-refractivity contribution in [1.29, 1.82) is 5.26 Å². The Morgan fingerprint density at radius 2 is 2.31 bits per heavy atom. The molecule has 1 N–H and O–H groups in total. The smallest absolute Gasteiger partial charge is 0.354 e. The lowest BCUT2D eigenvalue weighted by Gasteiger charge is -2.08. The maximum Gasteiger partial charge on any atom is 0.354 e. The van der Waals surface area contributed by atoms with E-state index in [1.54, 1.807) is 0 Å². The van der Waals surface area contributed by atoms with Gasteiger partial charge in [-0.05, 0) is 0 Å². The number of carboxylic acids is 1. The number of halogens is 3. The van der Waals surface area contributed by atoms with E-state index in [0.717, 1.165) is 0 Å².